The molecule has 0 amide bonds. The van der Waals surface area contributed by atoms with Crippen molar-refractivity contribution in [2.45, 2.75) is 52.1 Å². The minimum atomic E-state index is 0.519. The second-order valence-corrected chi connectivity index (χ2v) is 5.52. The smallest absolute Gasteiger partial charge is 0.134 e. The summed E-state index contributed by atoms with van der Waals surface area (Å²) in [5.41, 5.74) is 0.974. The summed E-state index contributed by atoms with van der Waals surface area (Å²) in [5, 5.41) is 3.29. The molecule has 2 rings (SSSR count). The minimum Gasteiger partial charge on any atom is -0.378 e. The number of aromatic nitrogens is 2. The Labute approximate surface area is 116 Å². The Morgan fingerprint density at radius 2 is 2.00 bits per heavy atom. The molecule has 0 saturated heterocycles. The average molecular weight is 263 g/mol. The SMILES string of the molecule is CCNc1cc(COC)nc(C2CCC(C)CC2)n1. The van der Waals surface area contributed by atoms with E-state index < -0.39 is 0 Å². The fraction of sp³-hybridized carbons (Fsp3) is 0.733. The molecule has 4 heteroatoms. The number of nitrogens with zero attached hydrogens (tertiary/aromatic N) is 2. The zero-order valence-electron chi connectivity index (χ0n) is 12.3. The topological polar surface area (TPSA) is 47.0 Å². The van der Waals surface area contributed by atoms with Crippen LogP contribution in [0.25, 0.3) is 0 Å². The zero-order chi connectivity index (χ0) is 13.7. The van der Waals surface area contributed by atoms with Gasteiger partial charge >= 0.3 is 0 Å². The summed E-state index contributed by atoms with van der Waals surface area (Å²) in [7, 11) is 1.71. The Morgan fingerprint density at radius 1 is 1.26 bits per heavy atom. The normalized spacial score (nSPS) is 23.3. The van der Waals surface area contributed by atoms with E-state index in [1.165, 1.54) is 25.7 Å². The maximum Gasteiger partial charge on any atom is 0.134 e. The van der Waals surface area contributed by atoms with E-state index in [4.69, 9.17) is 4.74 Å². The standard InChI is InChI=1S/C15H25N3O/c1-4-16-14-9-13(10-19-3)17-15(18-14)12-7-5-11(2)6-8-12/h9,11-12H,4-8,10H2,1-3H3,(H,16,17,18). The van der Waals surface area contributed by atoms with Crippen LogP contribution in [0, 0.1) is 5.92 Å². The van der Waals surface area contributed by atoms with Crippen molar-refractivity contribution in [2.24, 2.45) is 5.92 Å². The lowest BCUT2D eigenvalue weighted by molar-refractivity contribution is 0.181. The van der Waals surface area contributed by atoms with Crippen LogP contribution in [0.1, 0.15) is 57.0 Å². The highest BCUT2D eigenvalue weighted by Crippen LogP contribution is 2.34. The van der Waals surface area contributed by atoms with Gasteiger partial charge in [0, 0.05) is 25.6 Å². The first-order chi connectivity index (χ1) is 9.22. The van der Waals surface area contributed by atoms with Crippen molar-refractivity contribution in [3.8, 4) is 0 Å². The van der Waals surface area contributed by atoms with Crippen LogP contribution in [0.5, 0.6) is 0 Å². The van der Waals surface area contributed by atoms with Crippen molar-refractivity contribution in [3.05, 3.63) is 17.6 Å². The summed E-state index contributed by atoms with van der Waals surface area (Å²) < 4.78 is 5.20. The molecule has 0 radical (unpaired) electrons. The lowest BCUT2D eigenvalue weighted by Gasteiger charge is -2.25. The Kier molecular flexibility index (Phi) is 5.14. The summed E-state index contributed by atoms with van der Waals surface area (Å²) in [6.07, 6.45) is 5.00. The van der Waals surface area contributed by atoms with E-state index in [9.17, 15) is 0 Å². The summed E-state index contributed by atoms with van der Waals surface area (Å²) in [4.78, 5) is 9.35. The molecule has 1 fully saturated rings. The minimum absolute atomic E-state index is 0.519. The zero-order valence-corrected chi connectivity index (χ0v) is 12.3. The van der Waals surface area contributed by atoms with Crippen LogP contribution in [-0.2, 0) is 11.3 Å². The highest BCUT2D eigenvalue weighted by molar-refractivity contribution is 5.36. The molecular formula is C15H25N3O. The molecule has 1 N–H and O–H groups in total. The molecule has 1 aliphatic carbocycles. The molecule has 0 aromatic carbocycles. The van der Waals surface area contributed by atoms with E-state index in [-0.39, 0.29) is 0 Å². The van der Waals surface area contributed by atoms with Gasteiger partial charge in [0.15, 0.2) is 0 Å². The van der Waals surface area contributed by atoms with Gasteiger partial charge in [0.1, 0.15) is 11.6 Å². The van der Waals surface area contributed by atoms with Gasteiger partial charge in [-0.3, -0.25) is 0 Å². The summed E-state index contributed by atoms with van der Waals surface area (Å²) in [6, 6.07) is 1.99. The lowest BCUT2D eigenvalue weighted by Crippen LogP contribution is -2.15. The quantitative estimate of drug-likeness (QED) is 0.885. The average Bonchev–Trinajstić information content (AvgIpc) is 2.40. The van der Waals surface area contributed by atoms with Crippen molar-refractivity contribution in [3.63, 3.8) is 0 Å². The molecule has 1 heterocycles. The second kappa shape index (κ2) is 6.85. The van der Waals surface area contributed by atoms with Crippen molar-refractivity contribution in [1.29, 1.82) is 0 Å². The van der Waals surface area contributed by atoms with E-state index in [1.54, 1.807) is 7.11 Å². The van der Waals surface area contributed by atoms with Crippen molar-refractivity contribution < 1.29 is 4.74 Å². The Morgan fingerprint density at radius 3 is 2.63 bits per heavy atom. The maximum atomic E-state index is 5.20. The number of hydrogen-bond donors (Lipinski definition) is 1. The molecule has 0 unspecified atom stereocenters. The molecular weight excluding hydrogens is 238 g/mol. The van der Waals surface area contributed by atoms with Crippen LogP contribution in [0.15, 0.2) is 6.07 Å². The fourth-order valence-electron chi connectivity index (χ4n) is 2.71. The molecule has 19 heavy (non-hydrogen) atoms. The second-order valence-electron chi connectivity index (χ2n) is 5.52. The predicted octanol–water partition coefficient (Wildman–Crippen LogP) is 3.35. The Hall–Kier alpha value is -1.16. The van der Waals surface area contributed by atoms with E-state index in [1.807, 2.05) is 6.07 Å². The molecule has 1 saturated carbocycles. The molecule has 0 atom stereocenters. The molecule has 0 spiro atoms. The number of nitrogens with one attached hydrogen (secondary N) is 1. The van der Waals surface area contributed by atoms with Gasteiger partial charge in [0.25, 0.3) is 0 Å². The van der Waals surface area contributed by atoms with Crippen LogP contribution in [0.4, 0.5) is 5.82 Å². The first-order valence-corrected chi connectivity index (χ1v) is 7.33. The monoisotopic (exact) mass is 263 g/mol. The molecule has 1 aromatic rings. The third-order valence-electron chi connectivity index (χ3n) is 3.83. The van der Waals surface area contributed by atoms with E-state index in [0.29, 0.717) is 12.5 Å². The van der Waals surface area contributed by atoms with Crippen LogP contribution >= 0.6 is 0 Å². The number of methoxy groups -OCH3 is 1. The van der Waals surface area contributed by atoms with Crippen LogP contribution < -0.4 is 5.32 Å². The summed E-state index contributed by atoms with van der Waals surface area (Å²) in [5.74, 6) is 3.30. The molecule has 0 aliphatic heterocycles. The van der Waals surface area contributed by atoms with Gasteiger partial charge in [-0.1, -0.05) is 19.8 Å². The molecule has 0 bridgehead atoms. The van der Waals surface area contributed by atoms with Crippen molar-refractivity contribution >= 4 is 5.82 Å². The predicted molar refractivity (Wildman–Crippen MR) is 77.3 cm³/mol. The van der Waals surface area contributed by atoms with Crippen LogP contribution in [0.3, 0.4) is 0 Å². The van der Waals surface area contributed by atoms with E-state index in [0.717, 1.165) is 29.8 Å². The fourth-order valence-corrected chi connectivity index (χ4v) is 2.71. The maximum absolute atomic E-state index is 5.20. The highest BCUT2D eigenvalue weighted by Gasteiger charge is 2.22. The van der Waals surface area contributed by atoms with Gasteiger partial charge in [0.2, 0.25) is 0 Å². The lowest BCUT2D eigenvalue weighted by atomic mass is 9.82. The van der Waals surface area contributed by atoms with Gasteiger partial charge in [-0.2, -0.15) is 0 Å². The number of rotatable bonds is 5. The number of hydrogen-bond acceptors (Lipinski definition) is 4. The van der Waals surface area contributed by atoms with Crippen LogP contribution in [-0.4, -0.2) is 23.6 Å². The molecule has 1 aliphatic rings. The Bertz CT molecular complexity index is 376. The molecule has 4 nitrogen and oxygen atoms in total. The largest absolute Gasteiger partial charge is 0.378 e. The van der Waals surface area contributed by atoms with Gasteiger partial charge in [0.05, 0.1) is 12.3 Å². The van der Waals surface area contributed by atoms with E-state index >= 15 is 0 Å². The summed E-state index contributed by atoms with van der Waals surface area (Å²) in [6.45, 7) is 5.85. The van der Waals surface area contributed by atoms with Gasteiger partial charge in [-0.25, -0.2) is 9.97 Å². The first-order valence-electron chi connectivity index (χ1n) is 7.33. The van der Waals surface area contributed by atoms with E-state index in [2.05, 4.69) is 29.1 Å². The van der Waals surface area contributed by atoms with Crippen molar-refractivity contribution in [1.82, 2.24) is 9.97 Å². The van der Waals surface area contributed by atoms with Gasteiger partial charge in [-0.05, 0) is 25.7 Å². The van der Waals surface area contributed by atoms with Gasteiger partial charge < -0.3 is 10.1 Å². The first kappa shape index (κ1) is 14.3. The van der Waals surface area contributed by atoms with Gasteiger partial charge in [-0.15, -0.1) is 0 Å². The Balaban J connectivity index is 2.17. The number of ether oxygens (including phenoxy) is 1. The van der Waals surface area contributed by atoms with Crippen molar-refractivity contribution in [2.75, 3.05) is 19.0 Å². The third-order valence-corrected chi connectivity index (χ3v) is 3.83. The number of anilines is 1. The summed E-state index contributed by atoms with van der Waals surface area (Å²) >= 11 is 0. The molecule has 106 valence electrons. The molecule has 1 aromatic heterocycles. The van der Waals surface area contributed by atoms with Crippen LogP contribution in [0.2, 0.25) is 0 Å². The highest BCUT2D eigenvalue weighted by atomic mass is 16.5. The third kappa shape index (κ3) is 3.90.